The molecule has 0 aliphatic carbocycles. The second-order valence-corrected chi connectivity index (χ2v) is 4.51. The largest absolute Gasteiger partial charge is 0.410 e. The van der Waals surface area contributed by atoms with E-state index in [1.807, 2.05) is 44.4 Å². The molecule has 0 fully saturated rings. The molecular weight excluding hydrogens is 208 g/mol. The summed E-state index contributed by atoms with van der Waals surface area (Å²) >= 11 is 1.56. The molecule has 0 spiro atoms. The number of oxime groups is 1. The SMILES string of the molecule is CN(C)CCS/C(=N/O)c1ccccc1. The van der Waals surface area contributed by atoms with Gasteiger partial charge in [0, 0.05) is 17.9 Å². The molecule has 0 saturated heterocycles. The summed E-state index contributed by atoms with van der Waals surface area (Å²) < 4.78 is 0. The number of nitrogens with zero attached hydrogens (tertiary/aromatic N) is 2. The van der Waals surface area contributed by atoms with Crippen molar-refractivity contribution in [3.05, 3.63) is 35.9 Å². The summed E-state index contributed by atoms with van der Waals surface area (Å²) in [6.07, 6.45) is 0. The zero-order chi connectivity index (χ0) is 11.1. The molecule has 0 aromatic heterocycles. The lowest BCUT2D eigenvalue weighted by Gasteiger charge is -2.09. The van der Waals surface area contributed by atoms with Crippen LogP contribution in [0.25, 0.3) is 0 Å². The molecular formula is C11H16N2OS. The van der Waals surface area contributed by atoms with Crippen LogP contribution in [-0.4, -0.2) is 41.5 Å². The standard InChI is InChI=1S/C11H16N2OS/c1-13(2)8-9-15-11(12-14)10-6-4-3-5-7-10/h3-7,14H,8-9H2,1-2H3/b12-11+. The molecule has 82 valence electrons. The molecule has 0 atom stereocenters. The molecule has 1 aromatic carbocycles. The van der Waals surface area contributed by atoms with Gasteiger partial charge >= 0.3 is 0 Å². The van der Waals surface area contributed by atoms with E-state index in [0.717, 1.165) is 17.9 Å². The third kappa shape index (κ3) is 4.36. The predicted molar refractivity (Wildman–Crippen MR) is 65.8 cm³/mol. The van der Waals surface area contributed by atoms with E-state index in [0.29, 0.717) is 5.04 Å². The highest BCUT2D eigenvalue weighted by Crippen LogP contribution is 2.13. The van der Waals surface area contributed by atoms with Crippen molar-refractivity contribution in [3.63, 3.8) is 0 Å². The zero-order valence-electron chi connectivity index (χ0n) is 9.05. The lowest BCUT2D eigenvalue weighted by atomic mass is 10.2. The van der Waals surface area contributed by atoms with Crippen LogP contribution in [0.3, 0.4) is 0 Å². The highest BCUT2D eigenvalue weighted by atomic mass is 32.2. The van der Waals surface area contributed by atoms with Crippen LogP contribution in [0.15, 0.2) is 35.5 Å². The molecule has 0 amide bonds. The van der Waals surface area contributed by atoms with Gasteiger partial charge in [0.2, 0.25) is 0 Å². The smallest absolute Gasteiger partial charge is 0.143 e. The fourth-order valence-electron chi connectivity index (χ4n) is 1.08. The average molecular weight is 224 g/mol. The minimum atomic E-state index is 0.678. The first-order valence-electron chi connectivity index (χ1n) is 4.79. The van der Waals surface area contributed by atoms with Crippen LogP contribution >= 0.6 is 11.8 Å². The minimum absolute atomic E-state index is 0.678. The van der Waals surface area contributed by atoms with Gasteiger partial charge in [0.05, 0.1) is 0 Å². The molecule has 1 rings (SSSR count). The van der Waals surface area contributed by atoms with Crippen molar-refractivity contribution < 1.29 is 5.21 Å². The second kappa shape index (κ2) is 6.48. The van der Waals surface area contributed by atoms with E-state index in [2.05, 4.69) is 10.1 Å². The van der Waals surface area contributed by atoms with Crippen molar-refractivity contribution in [1.82, 2.24) is 4.90 Å². The maximum Gasteiger partial charge on any atom is 0.143 e. The lowest BCUT2D eigenvalue weighted by molar-refractivity contribution is 0.321. The van der Waals surface area contributed by atoms with Crippen molar-refractivity contribution in [2.75, 3.05) is 26.4 Å². The minimum Gasteiger partial charge on any atom is -0.410 e. The molecule has 3 nitrogen and oxygen atoms in total. The lowest BCUT2D eigenvalue weighted by Crippen LogP contribution is -2.15. The van der Waals surface area contributed by atoms with Gasteiger partial charge in [-0.2, -0.15) is 0 Å². The maximum atomic E-state index is 8.90. The fraction of sp³-hybridized carbons (Fsp3) is 0.364. The van der Waals surface area contributed by atoms with Crippen LogP contribution in [0, 0.1) is 0 Å². The molecule has 4 heteroatoms. The second-order valence-electron chi connectivity index (χ2n) is 3.42. The van der Waals surface area contributed by atoms with Gasteiger partial charge < -0.3 is 10.1 Å². The third-order valence-corrected chi connectivity index (χ3v) is 2.87. The Balaban J connectivity index is 2.51. The number of rotatable bonds is 4. The van der Waals surface area contributed by atoms with E-state index >= 15 is 0 Å². The Hall–Kier alpha value is -1.00. The fourth-order valence-corrected chi connectivity index (χ4v) is 2.09. The highest BCUT2D eigenvalue weighted by molar-refractivity contribution is 8.14. The van der Waals surface area contributed by atoms with E-state index in [1.54, 1.807) is 11.8 Å². The predicted octanol–water partition coefficient (Wildman–Crippen LogP) is 2.12. The highest BCUT2D eigenvalue weighted by Gasteiger charge is 2.04. The number of hydrogen-bond acceptors (Lipinski definition) is 4. The summed E-state index contributed by atoms with van der Waals surface area (Å²) in [4.78, 5) is 2.10. The molecule has 0 aliphatic heterocycles. The molecule has 0 radical (unpaired) electrons. The molecule has 15 heavy (non-hydrogen) atoms. The number of hydrogen-bond donors (Lipinski definition) is 1. The Morgan fingerprint density at radius 2 is 2.00 bits per heavy atom. The molecule has 1 aromatic rings. The van der Waals surface area contributed by atoms with E-state index in [1.165, 1.54) is 0 Å². The zero-order valence-corrected chi connectivity index (χ0v) is 9.87. The van der Waals surface area contributed by atoms with Gasteiger partial charge in [-0.3, -0.25) is 0 Å². The van der Waals surface area contributed by atoms with Gasteiger partial charge in [0.25, 0.3) is 0 Å². The van der Waals surface area contributed by atoms with E-state index in [4.69, 9.17) is 5.21 Å². The Kier molecular flexibility index (Phi) is 5.21. The van der Waals surface area contributed by atoms with Crippen LogP contribution in [0.4, 0.5) is 0 Å². The van der Waals surface area contributed by atoms with Gasteiger partial charge in [-0.1, -0.05) is 35.5 Å². The van der Waals surface area contributed by atoms with Crippen molar-refractivity contribution in [3.8, 4) is 0 Å². The van der Waals surface area contributed by atoms with E-state index in [-0.39, 0.29) is 0 Å². The Bertz CT molecular complexity index is 312. The van der Waals surface area contributed by atoms with Crippen LogP contribution in [-0.2, 0) is 0 Å². The van der Waals surface area contributed by atoms with Gasteiger partial charge in [-0.05, 0) is 14.1 Å². The number of thioether (sulfide) groups is 1. The topological polar surface area (TPSA) is 35.8 Å². The normalized spacial score (nSPS) is 12.1. The van der Waals surface area contributed by atoms with Crippen LogP contribution in [0.1, 0.15) is 5.56 Å². The quantitative estimate of drug-likeness (QED) is 0.368. The van der Waals surface area contributed by atoms with Gasteiger partial charge in [-0.15, -0.1) is 11.8 Å². The first kappa shape index (κ1) is 12.1. The molecule has 0 unspecified atom stereocenters. The summed E-state index contributed by atoms with van der Waals surface area (Å²) in [5.41, 5.74) is 0.962. The van der Waals surface area contributed by atoms with Crippen LogP contribution in [0.5, 0.6) is 0 Å². The third-order valence-electron chi connectivity index (χ3n) is 1.89. The molecule has 0 bridgehead atoms. The van der Waals surface area contributed by atoms with Crippen molar-refractivity contribution in [2.24, 2.45) is 5.16 Å². The maximum absolute atomic E-state index is 8.90. The van der Waals surface area contributed by atoms with Gasteiger partial charge in [-0.25, -0.2) is 0 Å². The number of benzene rings is 1. The summed E-state index contributed by atoms with van der Waals surface area (Å²) in [5.74, 6) is 0.918. The molecule has 0 heterocycles. The van der Waals surface area contributed by atoms with Crippen molar-refractivity contribution in [1.29, 1.82) is 0 Å². The summed E-state index contributed by atoms with van der Waals surface area (Å²) in [7, 11) is 4.05. The van der Waals surface area contributed by atoms with Crippen molar-refractivity contribution in [2.45, 2.75) is 0 Å². The first-order chi connectivity index (χ1) is 7.24. The Morgan fingerprint density at radius 3 is 2.53 bits per heavy atom. The molecule has 1 N–H and O–H groups in total. The van der Waals surface area contributed by atoms with Gasteiger partial charge in [0.1, 0.15) is 5.04 Å². The van der Waals surface area contributed by atoms with Gasteiger partial charge in [0.15, 0.2) is 0 Å². The van der Waals surface area contributed by atoms with Crippen molar-refractivity contribution >= 4 is 16.8 Å². The molecule has 0 saturated carbocycles. The van der Waals surface area contributed by atoms with E-state index in [9.17, 15) is 0 Å². The van der Waals surface area contributed by atoms with Crippen LogP contribution < -0.4 is 0 Å². The van der Waals surface area contributed by atoms with Crippen LogP contribution in [0.2, 0.25) is 0 Å². The first-order valence-corrected chi connectivity index (χ1v) is 5.77. The summed E-state index contributed by atoms with van der Waals surface area (Å²) in [6.45, 7) is 0.969. The summed E-state index contributed by atoms with van der Waals surface area (Å²) in [6, 6.07) is 9.71. The molecule has 0 aliphatic rings. The summed E-state index contributed by atoms with van der Waals surface area (Å²) in [5, 5.41) is 12.9. The Morgan fingerprint density at radius 1 is 1.33 bits per heavy atom. The monoisotopic (exact) mass is 224 g/mol. The Labute approximate surface area is 94.8 Å². The average Bonchev–Trinajstić information content (AvgIpc) is 2.25. The van der Waals surface area contributed by atoms with E-state index < -0.39 is 0 Å².